The molecule has 0 aliphatic carbocycles. The monoisotopic (exact) mass is 275 g/mol. The molecule has 1 rings (SSSR count). The fourth-order valence-corrected chi connectivity index (χ4v) is 2.79. The largest absolute Gasteiger partial charge is 0.398 e. The smallest absolute Gasteiger partial charge is 0.0804 e. The lowest BCUT2D eigenvalue weighted by Crippen LogP contribution is -2.22. The van der Waals surface area contributed by atoms with E-state index in [0.29, 0.717) is 28.0 Å². The van der Waals surface area contributed by atoms with Crippen molar-refractivity contribution in [3.05, 3.63) is 23.2 Å². The van der Waals surface area contributed by atoms with Crippen molar-refractivity contribution >= 4 is 28.1 Å². The van der Waals surface area contributed by atoms with Crippen LogP contribution in [0.25, 0.3) is 0 Å². The van der Waals surface area contributed by atoms with Crippen LogP contribution in [-0.4, -0.2) is 22.2 Å². The topological polar surface area (TPSA) is 52.3 Å². The van der Waals surface area contributed by atoms with Gasteiger partial charge in [-0.05, 0) is 32.9 Å². The van der Waals surface area contributed by atoms with Crippen molar-refractivity contribution in [2.45, 2.75) is 31.3 Å². The van der Waals surface area contributed by atoms with Gasteiger partial charge in [0.1, 0.15) is 0 Å². The van der Waals surface area contributed by atoms with E-state index in [1.165, 1.54) is 0 Å². The third-order valence-electron chi connectivity index (χ3n) is 2.03. The van der Waals surface area contributed by atoms with Gasteiger partial charge in [0, 0.05) is 5.69 Å². The standard InChI is InChI=1S/C12H18ClNO2S/c1-12(2,3)16-7-8-17(15)11-9(13)5-4-6-10(11)14/h4-6H,7-8,14H2,1-3H3. The number of hydrogen-bond acceptors (Lipinski definition) is 3. The van der Waals surface area contributed by atoms with Gasteiger partial charge in [-0.2, -0.15) is 0 Å². The average Bonchev–Trinajstić information content (AvgIpc) is 2.15. The molecule has 0 fully saturated rings. The van der Waals surface area contributed by atoms with Crippen LogP contribution in [0.15, 0.2) is 23.1 Å². The molecule has 1 unspecified atom stereocenters. The van der Waals surface area contributed by atoms with Crippen LogP contribution in [-0.2, 0) is 15.5 Å². The number of nitrogens with two attached hydrogens (primary N) is 1. The lowest BCUT2D eigenvalue weighted by molar-refractivity contribution is 0.00669. The Kier molecular flexibility index (Phi) is 4.98. The SMILES string of the molecule is CC(C)(C)OCCS(=O)c1c(N)cccc1Cl. The second-order valence-corrected chi connectivity index (χ2v) is 6.58. The highest BCUT2D eigenvalue weighted by atomic mass is 35.5. The quantitative estimate of drug-likeness (QED) is 0.860. The minimum Gasteiger partial charge on any atom is -0.398 e. The molecule has 3 nitrogen and oxygen atoms in total. The van der Waals surface area contributed by atoms with E-state index in [4.69, 9.17) is 22.1 Å². The van der Waals surface area contributed by atoms with E-state index in [9.17, 15) is 4.21 Å². The van der Waals surface area contributed by atoms with Crippen molar-refractivity contribution in [3.63, 3.8) is 0 Å². The molecule has 0 radical (unpaired) electrons. The van der Waals surface area contributed by atoms with E-state index in [-0.39, 0.29) is 5.60 Å². The predicted molar refractivity (Wildman–Crippen MR) is 72.8 cm³/mol. The van der Waals surface area contributed by atoms with Gasteiger partial charge in [-0.1, -0.05) is 17.7 Å². The van der Waals surface area contributed by atoms with Gasteiger partial charge in [-0.15, -0.1) is 0 Å². The Morgan fingerprint density at radius 1 is 1.41 bits per heavy atom. The fourth-order valence-electron chi connectivity index (χ4n) is 1.29. The van der Waals surface area contributed by atoms with E-state index in [0.717, 1.165) is 0 Å². The summed E-state index contributed by atoms with van der Waals surface area (Å²) in [5.74, 6) is 0.394. The Labute approximate surface area is 110 Å². The van der Waals surface area contributed by atoms with Crippen LogP contribution in [0.3, 0.4) is 0 Å². The van der Waals surface area contributed by atoms with Gasteiger partial charge in [-0.3, -0.25) is 4.21 Å². The van der Waals surface area contributed by atoms with Crippen molar-refractivity contribution in [1.82, 2.24) is 0 Å². The van der Waals surface area contributed by atoms with Gasteiger partial charge >= 0.3 is 0 Å². The summed E-state index contributed by atoms with van der Waals surface area (Å²) < 4.78 is 17.6. The zero-order chi connectivity index (χ0) is 13.1. The Hall–Kier alpha value is -0.580. The summed E-state index contributed by atoms with van der Waals surface area (Å²) in [5, 5.41) is 0.444. The maximum absolute atomic E-state index is 12.0. The molecule has 17 heavy (non-hydrogen) atoms. The second kappa shape index (κ2) is 5.85. The minimum atomic E-state index is -1.22. The highest BCUT2D eigenvalue weighted by Crippen LogP contribution is 2.25. The number of hydrogen-bond donors (Lipinski definition) is 1. The van der Waals surface area contributed by atoms with Crippen LogP contribution in [0.4, 0.5) is 5.69 Å². The Morgan fingerprint density at radius 3 is 2.59 bits per heavy atom. The van der Waals surface area contributed by atoms with Crippen molar-refractivity contribution in [2.24, 2.45) is 0 Å². The van der Waals surface area contributed by atoms with E-state index >= 15 is 0 Å². The van der Waals surface area contributed by atoms with Gasteiger partial charge in [0.15, 0.2) is 0 Å². The molecule has 5 heteroatoms. The highest BCUT2D eigenvalue weighted by molar-refractivity contribution is 7.85. The molecule has 0 spiro atoms. The van der Waals surface area contributed by atoms with E-state index in [1.54, 1.807) is 18.2 Å². The summed E-state index contributed by atoms with van der Waals surface area (Å²) in [5.41, 5.74) is 6.00. The summed E-state index contributed by atoms with van der Waals surface area (Å²) in [6.45, 7) is 6.29. The molecule has 0 aliphatic heterocycles. The van der Waals surface area contributed by atoms with E-state index in [2.05, 4.69) is 0 Å². The number of benzene rings is 1. The molecule has 1 aromatic carbocycles. The number of ether oxygens (including phenoxy) is 1. The molecule has 1 aromatic rings. The number of nitrogen functional groups attached to an aromatic ring is 1. The Morgan fingerprint density at radius 2 is 2.06 bits per heavy atom. The maximum atomic E-state index is 12.0. The number of rotatable bonds is 4. The number of anilines is 1. The third-order valence-corrected chi connectivity index (χ3v) is 3.90. The summed E-state index contributed by atoms with van der Waals surface area (Å²) >= 11 is 5.98. The molecule has 0 aliphatic rings. The molecule has 2 N–H and O–H groups in total. The van der Waals surface area contributed by atoms with Crippen molar-refractivity contribution in [2.75, 3.05) is 18.1 Å². The molecule has 0 saturated heterocycles. The normalized spacial score (nSPS) is 13.6. The van der Waals surface area contributed by atoms with Crippen LogP contribution < -0.4 is 5.73 Å². The molecule has 0 saturated carbocycles. The van der Waals surface area contributed by atoms with E-state index in [1.807, 2.05) is 20.8 Å². The highest BCUT2D eigenvalue weighted by Gasteiger charge is 2.14. The molecule has 0 bridgehead atoms. The van der Waals surface area contributed by atoms with Gasteiger partial charge in [0.05, 0.1) is 38.7 Å². The molecule has 0 aromatic heterocycles. The zero-order valence-corrected chi connectivity index (χ0v) is 11.9. The molecular formula is C12H18ClNO2S. The zero-order valence-electron chi connectivity index (χ0n) is 10.3. The predicted octanol–water partition coefficient (Wildman–Crippen LogP) is 2.84. The van der Waals surface area contributed by atoms with Crippen molar-refractivity contribution in [3.8, 4) is 0 Å². The van der Waals surface area contributed by atoms with Gasteiger partial charge in [0.2, 0.25) is 0 Å². The fraction of sp³-hybridized carbons (Fsp3) is 0.500. The summed E-state index contributed by atoms with van der Waals surface area (Å²) in [6, 6.07) is 5.13. The summed E-state index contributed by atoms with van der Waals surface area (Å²) in [7, 11) is -1.22. The van der Waals surface area contributed by atoms with Gasteiger partial charge in [-0.25, -0.2) is 0 Å². The molecule has 0 amide bonds. The molecule has 96 valence electrons. The lowest BCUT2D eigenvalue weighted by Gasteiger charge is -2.19. The molecule has 1 atom stereocenters. The lowest BCUT2D eigenvalue weighted by atomic mass is 10.2. The minimum absolute atomic E-state index is 0.226. The first-order valence-corrected chi connectivity index (χ1v) is 7.07. The Bertz CT molecular complexity index is 395. The summed E-state index contributed by atoms with van der Waals surface area (Å²) in [4.78, 5) is 0.506. The van der Waals surface area contributed by atoms with Crippen LogP contribution >= 0.6 is 11.6 Å². The van der Waals surface area contributed by atoms with Crippen molar-refractivity contribution < 1.29 is 8.95 Å². The maximum Gasteiger partial charge on any atom is 0.0804 e. The van der Waals surface area contributed by atoms with Crippen LogP contribution in [0.1, 0.15) is 20.8 Å². The molecule has 0 heterocycles. The first-order chi connectivity index (χ1) is 7.81. The third kappa shape index (κ3) is 4.66. The van der Waals surface area contributed by atoms with Crippen molar-refractivity contribution in [1.29, 1.82) is 0 Å². The first-order valence-electron chi connectivity index (χ1n) is 5.37. The second-order valence-electron chi connectivity index (χ2n) is 4.67. The first kappa shape index (κ1) is 14.5. The number of halogens is 1. The summed E-state index contributed by atoms with van der Waals surface area (Å²) in [6.07, 6.45) is 0. The average molecular weight is 276 g/mol. The molecular weight excluding hydrogens is 258 g/mol. The van der Waals surface area contributed by atoms with Gasteiger partial charge < -0.3 is 10.5 Å². The van der Waals surface area contributed by atoms with Crippen LogP contribution in [0.2, 0.25) is 5.02 Å². The van der Waals surface area contributed by atoms with Crippen LogP contribution in [0.5, 0.6) is 0 Å². The van der Waals surface area contributed by atoms with Gasteiger partial charge in [0.25, 0.3) is 0 Å². The van der Waals surface area contributed by atoms with Crippen LogP contribution in [0, 0.1) is 0 Å². The van der Waals surface area contributed by atoms with E-state index < -0.39 is 10.8 Å². The Balaban J connectivity index is 2.65.